The number of fused-ring (bicyclic) bond motifs is 1. The van der Waals surface area contributed by atoms with E-state index in [0.29, 0.717) is 6.42 Å². The first-order valence-electron chi connectivity index (χ1n) is 5.58. The fourth-order valence-corrected chi connectivity index (χ4v) is 2.76. The van der Waals surface area contributed by atoms with Crippen molar-refractivity contribution in [2.75, 3.05) is 0 Å². The minimum atomic E-state index is -2.92. The highest BCUT2D eigenvalue weighted by Gasteiger charge is 2.65. The summed E-state index contributed by atoms with van der Waals surface area (Å²) in [6.45, 7) is 0. The fraction of sp³-hybridized carbons (Fsp3) is 0.455. The molecule has 1 aromatic heterocycles. The summed E-state index contributed by atoms with van der Waals surface area (Å²) in [5, 5.41) is 0. The number of nitrogens with zero attached hydrogens (tertiary/aromatic N) is 2. The zero-order valence-electron chi connectivity index (χ0n) is 9.49. The van der Waals surface area contributed by atoms with Crippen LogP contribution in [0.4, 0.5) is 13.2 Å². The van der Waals surface area contributed by atoms with Crippen LogP contribution in [0.15, 0.2) is 21.7 Å². The summed E-state index contributed by atoms with van der Waals surface area (Å²) in [5.74, 6) is -1.43. The number of halogens is 4. The molecule has 0 spiro atoms. The second-order valence-corrected chi connectivity index (χ2v) is 5.35. The number of amidine groups is 1. The number of aliphatic imine (C=N–C) groups is 1. The van der Waals surface area contributed by atoms with Crippen molar-refractivity contribution in [3.8, 4) is 0 Å². The first kappa shape index (κ1) is 12.7. The Morgan fingerprint density at radius 1 is 1.47 bits per heavy atom. The van der Waals surface area contributed by atoms with Crippen LogP contribution < -0.4 is 5.73 Å². The summed E-state index contributed by atoms with van der Waals surface area (Å²) in [6.07, 6.45) is -2.99. The minimum absolute atomic E-state index is 0.265. The van der Waals surface area contributed by atoms with Gasteiger partial charge in [0.15, 0.2) is 5.54 Å². The van der Waals surface area contributed by atoms with Gasteiger partial charge in [0.2, 0.25) is 0 Å². The van der Waals surface area contributed by atoms with Gasteiger partial charge in [-0.3, -0.25) is 0 Å². The Hall–Kier alpha value is -1.31. The van der Waals surface area contributed by atoms with Crippen molar-refractivity contribution in [3.63, 3.8) is 0 Å². The van der Waals surface area contributed by atoms with Gasteiger partial charge in [0, 0.05) is 5.92 Å². The SMILES string of the molecule is NC1=NC(c2nc(Br)ccc2F)(C(F)F)[C@@H]2CC2O1. The predicted molar refractivity (Wildman–Crippen MR) is 64.2 cm³/mol. The monoisotopic (exact) mass is 335 g/mol. The second kappa shape index (κ2) is 4.09. The zero-order valence-corrected chi connectivity index (χ0v) is 11.1. The van der Waals surface area contributed by atoms with Gasteiger partial charge in [-0.15, -0.1) is 0 Å². The van der Waals surface area contributed by atoms with Gasteiger partial charge in [-0.05, 0) is 34.5 Å². The van der Waals surface area contributed by atoms with Gasteiger partial charge in [0.1, 0.15) is 22.2 Å². The van der Waals surface area contributed by atoms with Gasteiger partial charge >= 0.3 is 0 Å². The van der Waals surface area contributed by atoms with E-state index in [1.165, 1.54) is 6.07 Å². The number of hydrogen-bond acceptors (Lipinski definition) is 4. The lowest BCUT2D eigenvalue weighted by Gasteiger charge is -2.32. The molecule has 102 valence electrons. The second-order valence-electron chi connectivity index (χ2n) is 4.54. The average Bonchev–Trinajstić information content (AvgIpc) is 3.10. The Morgan fingerprint density at radius 2 is 2.21 bits per heavy atom. The molecule has 1 aromatic rings. The molecule has 0 aromatic carbocycles. The number of pyridine rings is 1. The van der Waals surface area contributed by atoms with E-state index in [9.17, 15) is 13.2 Å². The van der Waals surface area contributed by atoms with Crippen molar-refractivity contribution < 1.29 is 17.9 Å². The first-order valence-corrected chi connectivity index (χ1v) is 6.37. The third-order valence-electron chi connectivity index (χ3n) is 3.39. The Bertz CT molecular complexity index is 568. The first-order chi connectivity index (χ1) is 8.95. The standard InChI is InChI=1S/C11H9BrF3N3O/c12-7-2-1-5(13)8(17-7)11(9(14)15)4-3-6(4)19-10(16)18-11/h1-2,4,6,9H,3H2,(H2,16,18)/t4-,6?,11?/m1/s1. The smallest absolute Gasteiger partial charge is 0.283 e. The summed E-state index contributed by atoms with van der Waals surface area (Å²) in [5.41, 5.74) is 2.98. The third-order valence-corrected chi connectivity index (χ3v) is 3.83. The molecular formula is C11H9BrF3N3O. The van der Waals surface area contributed by atoms with E-state index >= 15 is 0 Å². The number of alkyl halides is 2. The van der Waals surface area contributed by atoms with E-state index in [-0.39, 0.29) is 10.6 Å². The van der Waals surface area contributed by atoms with Crippen LogP contribution in [-0.4, -0.2) is 23.5 Å². The zero-order chi connectivity index (χ0) is 13.8. The van der Waals surface area contributed by atoms with Crippen molar-refractivity contribution in [2.24, 2.45) is 16.6 Å². The molecule has 19 heavy (non-hydrogen) atoms. The van der Waals surface area contributed by atoms with E-state index in [1.54, 1.807) is 0 Å². The maximum Gasteiger partial charge on any atom is 0.283 e. The van der Waals surface area contributed by atoms with E-state index < -0.39 is 35.5 Å². The molecule has 1 saturated carbocycles. The summed E-state index contributed by atoms with van der Waals surface area (Å²) in [6, 6.07) is 2.07. The van der Waals surface area contributed by atoms with E-state index in [2.05, 4.69) is 25.9 Å². The molecular weight excluding hydrogens is 327 g/mol. The topological polar surface area (TPSA) is 60.5 Å². The molecule has 1 aliphatic carbocycles. The lowest BCUT2D eigenvalue weighted by atomic mass is 9.88. The number of aromatic nitrogens is 1. The van der Waals surface area contributed by atoms with Crippen LogP contribution in [0.1, 0.15) is 12.1 Å². The highest BCUT2D eigenvalue weighted by Crippen LogP contribution is 2.55. The number of rotatable bonds is 2. The molecule has 1 fully saturated rings. The van der Waals surface area contributed by atoms with Crippen LogP contribution in [0.3, 0.4) is 0 Å². The highest BCUT2D eigenvalue weighted by molar-refractivity contribution is 9.10. The molecule has 2 N–H and O–H groups in total. The molecule has 3 atom stereocenters. The van der Waals surface area contributed by atoms with Gasteiger partial charge in [0.05, 0.1) is 0 Å². The molecule has 0 saturated heterocycles. The van der Waals surface area contributed by atoms with Gasteiger partial charge in [-0.1, -0.05) is 0 Å². The quantitative estimate of drug-likeness (QED) is 0.842. The van der Waals surface area contributed by atoms with Crippen LogP contribution in [0, 0.1) is 11.7 Å². The van der Waals surface area contributed by atoms with Crippen molar-refractivity contribution >= 4 is 22.0 Å². The average molecular weight is 336 g/mol. The molecule has 8 heteroatoms. The van der Waals surface area contributed by atoms with Gasteiger partial charge < -0.3 is 10.5 Å². The lowest BCUT2D eigenvalue weighted by Crippen LogP contribution is -2.44. The van der Waals surface area contributed by atoms with E-state index in [1.807, 2.05) is 0 Å². The molecule has 3 rings (SSSR count). The van der Waals surface area contributed by atoms with Gasteiger partial charge in [0.25, 0.3) is 12.4 Å². The molecule has 2 heterocycles. The molecule has 2 aliphatic rings. The summed E-state index contributed by atoms with van der Waals surface area (Å²) in [4.78, 5) is 7.55. The normalized spacial score (nSPS) is 32.6. The van der Waals surface area contributed by atoms with Gasteiger partial charge in [-0.25, -0.2) is 23.1 Å². The molecule has 0 radical (unpaired) electrons. The largest absolute Gasteiger partial charge is 0.462 e. The number of hydrogen-bond donors (Lipinski definition) is 1. The molecule has 0 bridgehead atoms. The number of nitrogens with two attached hydrogens (primary N) is 1. The Kier molecular flexibility index (Phi) is 2.74. The van der Waals surface area contributed by atoms with Crippen molar-refractivity contribution in [1.82, 2.24) is 4.98 Å². The summed E-state index contributed by atoms with van der Waals surface area (Å²) < 4.78 is 46.4. The third kappa shape index (κ3) is 1.80. The molecule has 0 amide bonds. The Morgan fingerprint density at radius 3 is 2.89 bits per heavy atom. The van der Waals surface area contributed by atoms with Gasteiger partial charge in [-0.2, -0.15) is 0 Å². The lowest BCUT2D eigenvalue weighted by molar-refractivity contribution is 0.0149. The van der Waals surface area contributed by atoms with Crippen LogP contribution >= 0.6 is 15.9 Å². The maximum atomic E-state index is 13.9. The van der Waals surface area contributed by atoms with Crippen molar-refractivity contribution in [1.29, 1.82) is 0 Å². The van der Waals surface area contributed by atoms with E-state index in [0.717, 1.165) is 6.07 Å². The molecule has 1 aliphatic heterocycles. The van der Waals surface area contributed by atoms with Crippen LogP contribution in [0.2, 0.25) is 0 Å². The van der Waals surface area contributed by atoms with Crippen LogP contribution in [0.5, 0.6) is 0 Å². The van der Waals surface area contributed by atoms with Crippen molar-refractivity contribution in [2.45, 2.75) is 24.5 Å². The fourth-order valence-electron chi connectivity index (χ4n) is 2.45. The molecule has 4 nitrogen and oxygen atoms in total. The summed E-state index contributed by atoms with van der Waals surface area (Å²) >= 11 is 3.05. The van der Waals surface area contributed by atoms with E-state index in [4.69, 9.17) is 10.5 Å². The minimum Gasteiger partial charge on any atom is -0.462 e. The predicted octanol–water partition coefficient (Wildman–Crippen LogP) is 2.18. The highest BCUT2D eigenvalue weighted by atomic mass is 79.9. The Balaban J connectivity index is 2.21. The molecule has 2 unspecified atom stereocenters. The van der Waals surface area contributed by atoms with Crippen LogP contribution in [-0.2, 0) is 10.3 Å². The number of ether oxygens (including phenoxy) is 1. The Labute approximate surface area is 115 Å². The van der Waals surface area contributed by atoms with Crippen molar-refractivity contribution in [3.05, 3.63) is 28.2 Å². The summed E-state index contributed by atoms with van der Waals surface area (Å²) in [7, 11) is 0. The van der Waals surface area contributed by atoms with Crippen LogP contribution in [0.25, 0.3) is 0 Å². The maximum absolute atomic E-state index is 13.9.